The molecule has 0 radical (unpaired) electrons. The first-order valence-electron chi connectivity index (χ1n) is 13.2. The van der Waals surface area contributed by atoms with Gasteiger partial charge in [-0.15, -0.1) is 0 Å². The van der Waals surface area contributed by atoms with Crippen LogP contribution in [0.15, 0.2) is 0 Å². The lowest BCUT2D eigenvalue weighted by molar-refractivity contribution is -0.475. The van der Waals surface area contributed by atoms with Gasteiger partial charge in [-0.25, -0.2) is 9.63 Å². The topological polar surface area (TPSA) is 66.5 Å². The van der Waals surface area contributed by atoms with E-state index < -0.39 is 12.4 Å². The fourth-order valence-electron chi connectivity index (χ4n) is 8.18. The Morgan fingerprint density at radius 3 is 2.35 bits per heavy atom. The van der Waals surface area contributed by atoms with Gasteiger partial charge in [-0.2, -0.15) is 0 Å². The predicted molar refractivity (Wildman–Crippen MR) is 126 cm³/mol. The Labute approximate surface area is 205 Å². The summed E-state index contributed by atoms with van der Waals surface area (Å²) in [6.45, 7) is 18.9. The van der Waals surface area contributed by atoms with Gasteiger partial charge in [-0.3, -0.25) is 4.84 Å². The molecule has 194 valence electrons. The van der Waals surface area contributed by atoms with Crippen molar-refractivity contribution < 1.29 is 28.7 Å². The molecule has 10 atom stereocenters. The number of esters is 1. The molecule has 0 aromatic rings. The number of hydrogen-bond donors (Lipinski definition) is 0. The van der Waals surface area contributed by atoms with Gasteiger partial charge >= 0.3 is 5.97 Å². The number of rotatable bonds is 5. The van der Waals surface area contributed by atoms with E-state index in [4.69, 9.17) is 23.9 Å². The Hall–Kier alpha value is -0.730. The van der Waals surface area contributed by atoms with E-state index in [0.717, 1.165) is 19.3 Å². The number of nitrogens with zero attached hydrogens (tertiary/aromatic N) is 1. The van der Waals surface area contributed by atoms with Crippen molar-refractivity contribution in [1.29, 1.82) is 0 Å². The highest BCUT2D eigenvalue weighted by Gasteiger charge is 2.70. The number of carbonyl (C=O) groups is 1. The second-order valence-corrected chi connectivity index (χ2v) is 13.8. The standard InChI is InChI=1S/C27H45NO6/c1-15-16-10-11-18-20(22(29)30-9)33-28(27(16,18)8)34-23(15)32-19-17-12-13-26(7,25(17,5)6)21(19)31-14-24(2,3)4/h15-21,23H,10-14H2,1-9H3/t15-,16-,17+,18+,19+,20-,21+,23-,26-,27+/m0/s1. The SMILES string of the molecule is COC(=O)[C@H]1ON2O[C@H](O[C@@H]3[C@H]4CC[C@@](C)([C@@H]3OCC(C)(C)C)C4(C)C)[C@@H](C)[C@@H]3CC[C@H]1[C@@]32C. The maximum Gasteiger partial charge on any atom is 0.337 e. The average Bonchev–Trinajstić information content (AvgIpc) is 3.36. The highest BCUT2D eigenvalue weighted by atomic mass is 17.0. The second-order valence-electron chi connectivity index (χ2n) is 13.8. The minimum absolute atomic E-state index is 0.0240. The molecule has 0 amide bonds. The van der Waals surface area contributed by atoms with Gasteiger partial charge in [-0.1, -0.05) is 53.7 Å². The van der Waals surface area contributed by atoms with Crippen molar-refractivity contribution in [3.05, 3.63) is 0 Å². The van der Waals surface area contributed by atoms with Crippen LogP contribution in [0.3, 0.4) is 0 Å². The van der Waals surface area contributed by atoms with Crippen LogP contribution in [0.4, 0.5) is 0 Å². The molecule has 0 unspecified atom stereocenters. The van der Waals surface area contributed by atoms with Gasteiger partial charge in [0.15, 0.2) is 12.4 Å². The smallest absolute Gasteiger partial charge is 0.337 e. The molecule has 0 N–H and O–H groups in total. The Bertz CT molecular complexity index is 824. The minimum atomic E-state index is -0.617. The summed E-state index contributed by atoms with van der Waals surface area (Å²) in [5.74, 6) is 0.668. The number of ether oxygens (including phenoxy) is 3. The molecule has 2 saturated heterocycles. The van der Waals surface area contributed by atoms with Crippen LogP contribution in [-0.4, -0.2) is 55.1 Å². The summed E-state index contributed by atoms with van der Waals surface area (Å²) in [4.78, 5) is 24.9. The zero-order valence-corrected chi connectivity index (χ0v) is 22.6. The quantitative estimate of drug-likeness (QED) is 0.528. The van der Waals surface area contributed by atoms with Crippen molar-refractivity contribution in [2.75, 3.05) is 13.7 Å². The monoisotopic (exact) mass is 479 g/mol. The van der Waals surface area contributed by atoms with Crippen LogP contribution < -0.4 is 0 Å². The first-order chi connectivity index (χ1) is 15.8. The van der Waals surface area contributed by atoms with Crippen LogP contribution in [-0.2, 0) is 28.7 Å². The van der Waals surface area contributed by atoms with Crippen molar-refractivity contribution >= 4 is 5.97 Å². The van der Waals surface area contributed by atoms with Crippen molar-refractivity contribution in [3.8, 4) is 0 Å². The number of carbonyl (C=O) groups excluding carboxylic acids is 1. The number of methoxy groups -OCH3 is 1. The van der Waals surface area contributed by atoms with E-state index in [9.17, 15) is 4.79 Å². The normalized spacial score (nSPS) is 49.4. The van der Waals surface area contributed by atoms with E-state index >= 15 is 0 Å². The van der Waals surface area contributed by atoms with Gasteiger partial charge in [0.05, 0.1) is 31.5 Å². The summed E-state index contributed by atoms with van der Waals surface area (Å²) in [7, 11) is 1.42. The van der Waals surface area contributed by atoms with Crippen molar-refractivity contribution in [1.82, 2.24) is 5.23 Å². The second kappa shape index (κ2) is 7.88. The lowest BCUT2D eigenvalue weighted by Crippen LogP contribution is -2.59. The van der Waals surface area contributed by atoms with E-state index in [1.54, 1.807) is 5.23 Å². The fraction of sp³-hybridized carbons (Fsp3) is 0.963. The third-order valence-corrected chi connectivity index (χ3v) is 10.6. The van der Waals surface area contributed by atoms with Gasteiger partial charge in [0, 0.05) is 17.3 Å². The number of hydrogen-bond acceptors (Lipinski definition) is 7. The van der Waals surface area contributed by atoms with Crippen molar-refractivity contribution in [2.45, 2.75) is 111 Å². The zero-order chi connectivity index (χ0) is 24.8. The van der Waals surface area contributed by atoms with E-state index in [1.807, 2.05) is 0 Å². The molecule has 34 heavy (non-hydrogen) atoms. The number of hydroxylamine groups is 2. The molecule has 5 aliphatic rings. The third-order valence-electron chi connectivity index (χ3n) is 10.6. The summed E-state index contributed by atoms with van der Waals surface area (Å²) in [5.41, 5.74) is -0.0571. The maximum absolute atomic E-state index is 12.4. The molecular formula is C27H45NO6. The van der Waals surface area contributed by atoms with Gasteiger partial charge in [0.25, 0.3) is 0 Å². The van der Waals surface area contributed by atoms with Gasteiger partial charge in [0.2, 0.25) is 0 Å². The summed E-state index contributed by atoms with van der Waals surface area (Å²) in [5, 5.41) is 1.60. The lowest BCUT2D eigenvalue weighted by atomic mass is 9.70. The van der Waals surface area contributed by atoms with Crippen LogP contribution in [0, 0.1) is 39.9 Å². The Kier molecular flexibility index (Phi) is 5.78. The maximum atomic E-state index is 12.4. The molecule has 2 bridgehead atoms. The van der Waals surface area contributed by atoms with E-state index in [0.29, 0.717) is 18.4 Å². The Balaban J connectivity index is 1.39. The van der Waals surface area contributed by atoms with E-state index in [-0.39, 0.29) is 51.8 Å². The predicted octanol–water partition coefficient (Wildman–Crippen LogP) is 4.74. The van der Waals surface area contributed by atoms with Gasteiger partial charge in [0.1, 0.15) is 0 Å². The highest BCUT2D eigenvalue weighted by molar-refractivity contribution is 5.75. The van der Waals surface area contributed by atoms with E-state index in [1.165, 1.54) is 13.5 Å². The summed E-state index contributed by atoms with van der Waals surface area (Å²) >= 11 is 0. The molecule has 5 fully saturated rings. The average molecular weight is 480 g/mol. The molecule has 3 aliphatic carbocycles. The third kappa shape index (κ3) is 3.29. The summed E-state index contributed by atoms with van der Waals surface area (Å²) in [6.07, 6.45) is 3.23. The Morgan fingerprint density at radius 1 is 1.03 bits per heavy atom. The molecule has 2 heterocycles. The van der Waals surface area contributed by atoms with Crippen LogP contribution in [0.5, 0.6) is 0 Å². The molecule has 0 aromatic carbocycles. The van der Waals surface area contributed by atoms with Crippen LogP contribution in [0.2, 0.25) is 0 Å². The van der Waals surface area contributed by atoms with Crippen LogP contribution in [0.1, 0.15) is 81.1 Å². The van der Waals surface area contributed by atoms with Crippen LogP contribution in [0.25, 0.3) is 0 Å². The van der Waals surface area contributed by atoms with E-state index in [2.05, 4.69) is 55.4 Å². The van der Waals surface area contributed by atoms with Crippen LogP contribution >= 0.6 is 0 Å². The summed E-state index contributed by atoms with van der Waals surface area (Å²) in [6, 6.07) is 0. The molecular weight excluding hydrogens is 434 g/mol. The molecule has 0 aromatic heterocycles. The van der Waals surface area contributed by atoms with Gasteiger partial charge in [-0.05, 0) is 55.3 Å². The molecule has 3 saturated carbocycles. The lowest BCUT2D eigenvalue weighted by Gasteiger charge is -2.49. The fourth-order valence-corrected chi connectivity index (χ4v) is 8.18. The molecule has 7 nitrogen and oxygen atoms in total. The largest absolute Gasteiger partial charge is 0.467 e. The number of fused-ring (bicyclic) bond motifs is 2. The van der Waals surface area contributed by atoms with Crippen molar-refractivity contribution in [3.63, 3.8) is 0 Å². The van der Waals surface area contributed by atoms with Crippen molar-refractivity contribution in [2.24, 2.45) is 39.9 Å². The molecule has 5 rings (SSSR count). The Morgan fingerprint density at radius 2 is 1.71 bits per heavy atom. The minimum Gasteiger partial charge on any atom is -0.467 e. The molecule has 7 heteroatoms. The highest BCUT2D eigenvalue weighted by Crippen LogP contribution is 2.67. The molecule has 0 spiro atoms. The first kappa shape index (κ1) is 24.9. The van der Waals surface area contributed by atoms with Gasteiger partial charge < -0.3 is 14.2 Å². The first-order valence-corrected chi connectivity index (χ1v) is 13.2. The molecule has 2 aliphatic heterocycles. The zero-order valence-electron chi connectivity index (χ0n) is 22.6. The summed E-state index contributed by atoms with van der Waals surface area (Å²) < 4.78 is 18.6.